The minimum atomic E-state index is 0.966. The van der Waals surface area contributed by atoms with Crippen LogP contribution in [0.25, 0.3) is 0 Å². The van der Waals surface area contributed by atoms with Gasteiger partial charge < -0.3 is 5.32 Å². The van der Waals surface area contributed by atoms with Crippen LogP contribution in [-0.4, -0.2) is 17.3 Å². The summed E-state index contributed by atoms with van der Waals surface area (Å²) in [6, 6.07) is 8.37. The standard InChI is InChI=1S/C13H16N2S2/c1-10-5-3-4-6-12(10)14-7-8-16-13-15-11(2)9-17-13/h3-6,9,14H,7-8H2,1-2H3. The molecule has 2 aromatic rings. The van der Waals surface area contributed by atoms with E-state index in [4.69, 9.17) is 0 Å². The maximum atomic E-state index is 4.43. The lowest BCUT2D eigenvalue weighted by Crippen LogP contribution is -2.04. The molecule has 1 aromatic heterocycles. The van der Waals surface area contributed by atoms with Crippen molar-refractivity contribution < 1.29 is 0 Å². The second kappa shape index (κ2) is 6.07. The van der Waals surface area contributed by atoms with Crippen LogP contribution >= 0.6 is 23.1 Å². The van der Waals surface area contributed by atoms with Crippen LogP contribution in [0.2, 0.25) is 0 Å². The summed E-state index contributed by atoms with van der Waals surface area (Å²) in [5, 5.41) is 5.54. The highest BCUT2D eigenvalue weighted by Crippen LogP contribution is 2.22. The summed E-state index contributed by atoms with van der Waals surface area (Å²) in [4.78, 5) is 4.43. The lowest BCUT2D eigenvalue weighted by atomic mass is 10.2. The number of hydrogen-bond acceptors (Lipinski definition) is 4. The molecule has 90 valence electrons. The van der Waals surface area contributed by atoms with Crippen molar-refractivity contribution in [3.8, 4) is 0 Å². The molecule has 0 aliphatic heterocycles. The molecule has 0 unspecified atom stereocenters. The number of thioether (sulfide) groups is 1. The fourth-order valence-corrected chi connectivity index (χ4v) is 3.27. The fraction of sp³-hybridized carbons (Fsp3) is 0.308. The van der Waals surface area contributed by atoms with E-state index >= 15 is 0 Å². The fourth-order valence-electron chi connectivity index (χ4n) is 1.49. The van der Waals surface area contributed by atoms with Gasteiger partial charge in [-0.2, -0.15) is 0 Å². The van der Waals surface area contributed by atoms with Crippen molar-refractivity contribution in [1.29, 1.82) is 0 Å². The molecule has 17 heavy (non-hydrogen) atoms. The molecule has 1 heterocycles. The maximum absolute atomic E-state index is 4.43. The number of benzene rings is 1. The zero-order chi connectivity index (χ0) is 12.1. The number of nitrogens with one attached hydrogen (secondary N) is 1. The van der Waals surface area contributed by atoms with E-state index in [-0.39, 0.29) is 0 Å². The lowest BCUT2D eigenvalue weighted by Gasteiger charge is -2.07. The number of rotatable bonds is 5. The first-order valence-electron chi connectivity index (χ1n) is 5.60. The second-order valence-electron chi connectivity index (χ2n) is 3.84. The zero-order valence-corrected chi connectivity index (χ0v) is 11.7. The van der Waals surface area contributed by atoms with Gasteiger partial charge in [0.05, 0.1) is 0 Å². The molecule has 0 saturated carbocycles. The van der Waals surface area contributed by atoms with E-state index in [1.807, 2.05) is 18.7 Å². The number of nitrogens with zero attached hydrogens (tertiary/aromatic N) is 1. The predicted octanol–water partition coefficient (Wildman–Crippen LogP) is 3.96. The molecular formula is C13H16N2S2. The maximum Gasteiger partial charge on any atom is 0.150 e. The molecule has 0 radical (unpaired) electrons. The number of anilines is 1. The van der Waals surface area contributed by atoms with Crippen molar-refractivity contribution >= 4 is 28.8 Å². The zero-order valence-electron chi connectivity index (χ0n) is 10.1. The Morgan fingerprint density at radius 3 is 2.82 bits per heavy atom. The van der Waals surface area contributed by atoms with Gasteiger partial charge in [-0.25, -0.2) is 4.98 Å². The number of para-hydroxylation sites is 1. The Morgan fingerprint density at radius 1 is 1.29 bits per heavy atom. The Kier molecular flexibility index (Phi) is 4.45. The minimum Gasteiger partial charge on any atom is -0.384 e. The van der Waals surface area contributed by atoms with E-state index in [0.717, 1.165) is 22.3 Å². The third-order valence-electron chi connectivity index (χ3n) is 2.39. The lowest BCUT2D eigenvalue weighted by molar-refractivity contribution is 1.15. The summed E-state index contributed by atoms with van der Waals surface area (Å²) in [6.45, 7) is 5.12. The van der Waals surface area contributed by atoms with E-state index in [9.17, 15) is 0 Å². The normalized spacial score (nSPS) is 10.5. The number of aromatic nitrogens is 1. The molecule has 1 N–H and O–H groups in total. The number of hydrogen-bond donors (Lipinski definition) is 1. The van der Waals surface area contributed by atoms with Crippen LogP contribution in [0.1, 0.15) is 11.3 Å². The minimum absolute atomic E-state index is 0.966. The van der Waals surface area contributed by atoms with Crippen molar-refractivity contribution in [2.45, 2.75) is 18.2 Å². The molecule has 0 spiro atoms. The molecule has 0 saturated heterocycles. The van der Waals surface area contributed by atoms with E-state index in [1.54, 1.807) is 11.3 Å². The summed E-state index contributed by atoms with van der Waals surface area (Å²) in [6.07, 6.45) is 0. The van der Waals surface area contributed by atoms with Gasteiger partial charge in [0.15, 0.2) is 0 Å². The highest BCUT2D eigenvalue weighted by Gasteiger charge is 1.99. The van der Waals surface area contributed by atoms with Crippen molar-refractivity contribution in [2.75, 3.05) is 17.6 Å². The molecule has 0 aliphatic carbocycles. The van der Waals surface area contributed by atoms with Gasteiger partial charge in [-0.15, -0.1) is 11.3 Å². The molecule has 4 heteroatoms. The summed E-state index contributed by atoms with van der Waals surface area (Å²) in [7, 11) is 0. The average Bonchev–Trinajstić information content (AvgIpc) is 2.73. The van der Waals surface area contributed by atoms with Crippen molar-refractivity contribution in [3.63, 3.8) is 0 Å². The van der Waals surface area contributed by atoms with Crippen LogP contribution in [0.4, 0.5) is 5.69 Å². The smallest absolute Gasteiger partial charge is 0.150 e. The van der Waals surface area contributed by atoms with Gasteiger partial charge >= 0.3 is 0 Å². The summed E-state index contributed by atoms with van der Waals surface area (Å²) in [5.41, 5.74) is 3.63. The summed E-state index contributed by atoms with van der Waals surface area (Å²) < 4.78 is 1.16. The Morgan fingerprint density at radius 2 is 2.12 bits per heavy atom. The van der Waals surface area contributed by atoms with Gasteiger partial charge in [-0.05, 0) is 25.5 Å². The molecule has 1 aromatic carbocycles. The van der Waals surface area contributed by atoms with Crippen molar-refractivity contribution in [2.24, 2.45) is 0 Å². The topological polar surface area (TPSA) is 24.9 Å². The monoisotopic (exact) mass is 264 g/mol. The summed E-state index contributed by atoms with van der Waals surface area (Å²) >= 11 is 3.53. The van der Waals surface area contributed by atoms with Gasteiger partial charge in [0, 0.05) is 29.1 Å². The first kappa shape index (κ1) is 12.5. The number of thiazole rings is 1. The van der Waals surface area contributed by atoms with Crippen LogP contribution < -0.4 is 5.32 Å². The highest BCUT2D eigenvalue weighted by molar-refractivity contribution is 8.01. The molecule has 0 fully saturated rings. The van der Waals surface area contributed by atoms with Gasteiger partial charge in [0.1, 0.15) is 4.34 Å². The predicted molar refractivity (Wildman–Crippen MR) is 77.2 cm³/mol. The van der Waals surface area contributed by atoms with Crippen molar-refractivity contribution in [1.82, 2.24) is 4.98 Å². The second-order valence-corrected chi connectivity index (χ2v) is 6.05. The molecule has 0 bridgehead atoms. The van der Waals surface area contributed by atoms with Crippen LogP contribution in [0.3, 0.4) is 0 Å². The third kappa shape index (κ3) is 3.75. The van der Waals surface area contributed by atoms with Gasteiger partial charge in [-0.3, -0.25) is 0 Å². The Balaban J connectivity index is 1.75. The van der Waals surface area contributed by atoms with Gasteiger partial charge in [0.2, 0.25) is 0 Å². The van der Waals surface area contributed by atoms with Crippen LogP contribution in [0.5, 0.6) is 0 Å². The quantitative estimate of drug-likeness (QED) is 0.653. The van der Waals surface area contributed by atoms with E-state index < -0.39 is 0 Å². The first-order chi connectivity index (χ1) is 8.25. The number of aryl methyl sites for hydroxylation is 2. The van der Waals surface area contributed by atoms with E-state index in [0.29, 0.717) is 0 Å². The Hall–Kier alpha value is -1.00. The van der Waals surface area contributed by atoms with E-state index in [2.05, 4.69) is 46.9 Å². The van der Waals surface area contributed by atoms with Crippen LogP contribution in [-0.2, 0) is 0 Å². The largest absolute Gasteiger partial charge is 0.384 e. The highest BCUT2D eigenvalue weighted by atomic mass is 32.2. The van der Waals surface area contributed by atoms with E-state index in [1.165, 1.54) is 11.3 Å². The SMILES string of the molecule is Cc1csc(SCCNc2ccccc2C)n1. The van der Waals surface area contributed by atoms with Crippen molar-refractivity contribution in [3.05, 3.63) is 40.9 Å². The third-order valence-corrected chi connectivity index (χ3v) is 4.53. The summed E-state index contributed by atoms with van der Waals surface area (Å²) in [5.74, 6) is 1.04. The van der Waals surface area contributed by atoms with Gasteiger partial charge in [0.25, 0.3) is 0 Å². The first-order valence-corrected chi connectivity index (χ1v) is 7.46. The molecule has 0 atom stereocenters. The molecule has 0 amide bonds. The Labute approximate surface area is 110 Å². The van der Waals surface area contributed by atoms with Crippen LogP contribution in [0, 0.1) is 13.8 Å². The molecular weight excluding hydrogens is 248 g/mol. The molecule has 0 aliphatic rings. The Bertz CT molecular complexity index is 480. The van der Waals surface area contributed by atoms with Gasteiger partial charge in [-0.1, -0.05) is 30.0 Å². The van der Waals surface area contributed by atoms with Crippen LogP contribution in [0.15, 0.2) is 34.0 Å². The molecule has 2 nitrogen and oxygen atoms in total. The average molecular weight is 264 g/mol. The molecule has 2 rings (SSSR count).